The molecule has 1 aliphatic rings. The van der Waals surface area contributed by atoms with Crippen molar-refractivity contribution in [1.82, 2.24) is 5.32 Å². The molecule has 0 aromatic rings. The van der Waals surface area contributed by atoms with Crippen LogP contribution in [0, 0.1) is 0 Å². The van der Waals surface area contributed by atoms with Gasteiger partial charge in [-0.2, -0.15) is 0 Å². The molecule has 0 heterocycles. The first-order valence-electron chi connectivity index (χ1n) is 5.07. The van der Waals surface area contributed by atoms with Crippen LogP contribution in [0.4, 0.5) is 0 Å². The molecule has 4 nitrogen and oxygen atoms in total. The molecule has 1 amide bonds. The van der Waals surface area contributed by atoms with E-state index in [-0.39, 0.29) is 28.8 Å². The number of hydrogen-bond acceptors (Lipinski definition) is 3. The number of esters is 1. The number of amides is 1. The Hall–Kier alpha value is -0.580. The second-order valence-electron chi connectivity index (χ2n) is 3.87. The zero-order valence-corrected chi connectivity index (χ0v) is 10.5. The summed E-state index contributed by atoms with van der Waals surface area (Å²) in [4.78, 5) is 21.9. The fourth-order valence-corrected chi connectivity index (χ4v) is 2.43. The smallest absolute Gasteiger partial charge is 0.302 e. The minimum atomic E-state index is -0.270. The van der Waals surface area contributed by atoms with E-state index in [1.807, 2.05) is 0 Å². The van der Waals surface area contributed by atoms with E-state index in [1.165, 1.54) is 13.8 Å². The van der Waals surface area contributed by atoms with Crippen molar-refractivity contribution in [3.8, 4) is 0 Å². The third-order valence-corrected chi connectivity index (χ3v) is 3.48. The Kier molecular flexibility index (Phi) is 4.57. The van der Waals surface area contributed by atoms with E-state index in [9.17, 15) is 9.59 Å². The molecule has 1 saturated carbocycles. The lowest BCUT2D eigenvalue weighted by Crippen LogP contribution is -2.43. The quantitative estimate of drug-likeness (QED) is 0.613. The summed E-state index contributed by atoms with van der Waals surface area (Å²) in [6.45, 7) is 2.91. The second-order valence-corrected chi connectivity index (χ2v) is 5.05. The summed E-state index contributed by atoms with van der Waals surface area (Å²) >= 11 is 3.49. The van der Waals surface area contributed by atoms with Gasteiger partial charge in [0.15, 0.2) is 0 Å². The Morgan fingerprint density at radius 1 is 1.33 bits per heavy atom. The maximum absolute atomic E-state index is 10.9. The van der Waals surface area contributed by atoms with Crippen molar-refractivity contribution in [2.75, 3.05) is 0 Å². The monoisotopic (exact) mass is 277 g/mol. The van der Waals surface area contributed by atoms with Crippen molar-refractivity contribution in [2.45, 2.75) is 50.1 Å². The summed E-state index contributed by atoms with van der Waals surface area (Å²) in [5.74, 6) is -0.303. The van der Waals surface area contributed by atoms with Crippen molar-refractivity contribution >= 4 is 27.8 Å². The van der Waals surface area contributed by atoms with Crippen LogP contribution < -0.4 is 5.32 Å². The molecule has 0 saturated heterocycles. The topological polar surface area (TPSA) is 55.4 Å². The Balaban J connectivity index is 2.47. The molecule has 0 bridgehead atoms. The highest BCUT2D eigenvalue weighted by atomic mass is 79.9. The van der Waals surface area contributed by atoms with Crippen LogP contribution in [0.15, 0.2) is 0 Å². The van der Waals surface area contributed by atoms with Gasteiger partial charge in [0.1, 0.15) is 6.10 Å². The van der Waals surface area contributed by atoms with Gasteiger partial charge in [-0.15, -0.1) is 0 Å². The molecule has 3 atom stereocenters. The van der Waals surface area contributed by atoms with Crippen LogP contribution in [-0.2, 0) is 14.3 Å². The van der Waals surface area contributed by atoms with Gasteiger partial charge in [-0.25, -0.2) is 0 Å². The van der Waals surface area contributed by atoms with Gasteiger partial charge in [-0.1, -0.05) is 15.9 Å². The highest BCUT2D eigenvalue weighted by molar-refractivity contribution is 9.09. The second kappa shape index (κ2) is 5.49. The van der Waals surface area contributed by atoms with E-state index in [1.54, 1.807) is 0 Å². The average Bonchev–Trinajstić information content (AvgIpc) is 2.09. The van der Waals surface area contributed by atoms with Crippen LogP contribution >= 0.6 is 15.9 Å². The molecular weight excluding hydrogens is 262 g/mol. The molecule has 0 aromatic heterocycles. The number of carbonyl (C=O) groups is 2. The van der Waals surface area contributed by atoms with Gasteiger partial charge in [0, 0.05) is 26.3 Å². The third kappa shape index (κ3) is 4.20. The molecule has 86 valence electrons. The van der Waals surface area contributed by atoms with E-state index in [4.69, 9.17) is 4.74 Å². The first kappa shape index (κ1) is 12.5. The lowest BCUT2D eigenvalue weighted by atomic mass is 9.92. The summed E-state index contributed by atoms with van der Waals surface area (Å²) in [7, 11) is 0. The van der Waals surface area contributed by atoms with E-state index < -0.39 is 0 Å². The van der Waals surface area contributed by atoms with Crippen LogP contribution in [0.25, 0.3) is 0 Å². The van der Waals surface area contributed by atoms with Gasteiger partial charge >= 0.3 is 5.97 Å². The predicted molar refractivity (Wildman–Crippen MR) is 59.7 cm³/mol. The summed E-state index contributed by atoms with van der Waals surface area (Å²) in [6, 6.07) is 0.126. The van der Waals surface area contributed by atoms with Gasteiger partial charge < -0.3 is 10.1 Å². The number of halogens is 1. The first-order valence-corrected chi connectivity index (χ1v) is 5.99. The molecule has 1 fully saturated rings. The molecule has 0 radical (unpaired) electrons. The standard InChI is InChI=1S/C10H16BrNO3/c1-6(13)12-8-3-4-9(11)10(5-8)15-7(2)14/h8-10H,3-5H2,1-2H3,(H,12,13)/t8-,9+,10-/m0/s1. The maximum atomic E-state index is 10.9. The molecule has 1 N–H and O–H groups in total. The van der Waals surface area contributed by atoms with E-state index in [2.05, 4.69) is 21.2 Å². The van der Waals surface area contributed by atoms with Crippen LogP contribution in [-0.4, -0.2) is 28.8 Å². The van der Waals surface area contributed by atoms with Crippen molar-refractivity contribution in [2.24, 2.45) is 0 Å². The van der Waals surface area contributed by atoms with Crippen LogP contribution in [0.5, 0.6) is 0 Å². The van der Waals surface area contributed by atoms with Crippen LogP contribution in [0.2, 0.25) is 0 Å². The van der Waals surface area contributed by atoms with Crippen molar-refractivity contribution in [1.29, 1.82) is 0 Å². The summed E-state index contributed by atoms with van der Waals surface area (Å²) in [5.41, 5.74) is 0. The Bertz CT molecular complexity index is 257. The SMILES string of the molecule is CC(=O)N[C@H]1CC[C@@H](Br)[C@@H](OC(C)=O)C1. The van der Waals surface area contributed by atoms with Crippen molar-refractivity contribution in [3.63, 3.8) is 0 Å². The molecule has 0 aromatic carbocycles. The lowest BCUT2D eigenvalue weighted by Gasteiger charge is -2.32. The summed E-state index contributed by atoms with van der Waals surface area (Å²) in [5, 5.41) is 2.85. The lowest BCUT2D eigenvalue weighted by molar-refractivity contribution is -0.147. The van der Waals surface area contributed by atoms with Crippen LogP contribution in [0.3, 0.4) is 0 Å². The predicted octanol–water partition coefficient (Wildman–Crippen LogP) is 1.37. The normalized spacial score (nSPS) is 30.7. The first-order chi connectivity index (χ1) is 6.99. The maximum Gasteiger partial charge on any atom is 0.302 e. The molecule has 1 rings (SSSR count). The van der Waals surface area contributed by atoms with Gasteiger partial charge in [-0.3, -0.25) is 9.59 Å². The number of ether oxygens (including phenoxy) is 1. The van der Waals surface area contributed by atoms with E-state index in [0.717, 1.165) is 12.8 Å². The number of carbonyl (C=O) groups excluding carboxylic acids is 2. The number of nitrogens with one attached hydrogen (secondary N) is 1. The fourth-order valence-electron chi connectivity index (χ4n) is 1.85. The molecule has 1 aliphatic carbocycles. The number of hydrogen-bond donors (Lipinski definition) is 1. The fraction of sp³-hybridized carbons (Fsp3) is 0.800. The van der Waals surface area contributed by atoms with Crippen molar-refractivity contribution < 1.29 is 14.3 Å². The third-order valence-electron chi connectivity index (χ3n) is 2.44. The minimum absolute atomic E-state index is 0.0328. The molecule has 5 heteroatoms. The average molecular weight is 278 g/mol. The molecule has 0 unspecified atom stereocenters. The Morgan fingerprint density at radius 3 is 2.53 bits per heavy atom. The highest BCUT2D eigenvalue weighted by Crippen LogP contribution is 2.27. The summed E-state index contributed by atoms with van der Waals surface area (Å²) in [6.07, 6.45) is 2.39. The summed E-state index contributed by atoms with van der Waals surface area (Å²) < 4.78 is 5.18. The molecule has 0 spiro atoms. The van der Waals surface area contributed by atoms with Crippen molar-refractivity contribution in [3.05, 3.63) is 0 Å². The minimum Gasteiger partial charge on any atom is -0.461 e. The Labute approximate surface area is 97.9 Å². The molecule has 15 heavy (non-hydrogen) atoms. The Morgan fingerprint density at radius 2 is 2.00 bits per heavy atom. The number of rotatable bonds is 2. The molecular formula is C10H16BrNO3. The molecule has 0 aliphatic heterocycles. The number of alkyl halides is 1. The van der Waals surface area contributed by atoms with Gasteiger partial charge in [0.2, 0.25) is 5.91 Å². The van der Waals surface area contributed by atoms with Crippen LogP contribution in [0.1, 0.15) is 33.1 Å². The highest BCUT2D eigenvalue weighted by Gasteiger charge is 2.31. The largest absolute Gasteiger partial charge is 0.461 e. The van der Waals surface area contributed by atoms with Gasteiger partial charge in [0.05, 0.1) is 4.83 Å². The van der Waals surface area contributed by atoms with E-state index >= 15 is 0 Å². The zero-order chi connectivity index (χ0) is 11.4. The zero-order valence-electron chi connectivity index (χ0n) is 8.96. The van der Waals surface area contributed by atoms with E-state index in [0.29, 0.717) is 6.42 Å². The van der Waals surface area contributed by atoms with Gasteiger partial charge in [0.25, 0.3) is 0 Å². The van der Waals surface area contributed by atoms with Gasteiger partial charge in [-0.05, 0) is 12.8 Å².